The third-order valence-electron chi connectivity index (χ3n) is 5.29. The van der Waals surface area contributed by atoms with Gasteiger partial charge in [0.25, 0.3) is 0 Å². The SMILES string of the molecule is CCc1ccc(-c2c(C#N)c(N)nc(SCCC(=O)Nc3ccc4c(c3)OCO4)c2C#N)cc1. The lowest BCUT2D eigenvalue weighted by molar-refractivity contribution is -0.115. The normalized spacial score (nSPS) is 11.5. The Balaban J connectivity index is 1.50. The Kier molecular flexibility index (Phi) is 6.86. The molecule has 0 atom stereocenters. The van der Waals surface area contributed by atoms with Gasteiger partial charge in [0.1, 0.15) is 28.5 Å². The van der Waals surface area contributed by atoms with Crippen LogP contribution >= 0.6 is 11.8 Å². The minimum Gasteiger partial charge on any atom is -0.454 e. The van der Waals surface area contributed by atoms with E-state index < -0.39 is 0 Å². The van der Waals surface area contributed by atoms with Gasteiger partial charge in [-0.05, 0) is 29.7 Å². The fraction of sp³-hybridized carbons (Fsp3) is 0.200. The number of nitriles is 2. The Hall–Kier alpha value is -4.21. The van der Waals surface area contributed by atoms with Gasteiger partial charge in [0.2, 0.25) is 12.7 Å². The van der Waals surface area contributed by atoms with Gasteiger partial charge in [0.05, 0.1) is 5.56 Å². The summed E-state index contributed by atoms with van der Waals surface area (Å²) >= 11 is 1.25. The highest BCUT2D eigenvalue weighted by molar-refractivity contribution is 7.99. The van der Waals surface area contributed by atoms with Gasteiger partial charge in [-0.15, -0.1) is 11.8 Å². The van der Waals surface area contributed by atoms with Gasteiger partial charge in [-0.25, -0.2) is 4.98 Å². The molecule has 1 aliphatic rings. The van der Waals surface area contributed by atoms with E-state index in [4.69, 9.17) is 15.2 Å². The number of anilines is 2. The van der Waals surface area contributed by atoms with Gasteiger partial charge in [-0.3, -0.25) is 4.79 Å². The number of fused-ring (bicyclic) bond motifs is 1. The molecular formula is C25H21N5O3S. The molecule has 0 radical (unpaired) electrons. The zero-order valence-electron chi connectivity index (χ0n) is 18.4. The topological polar surface area (TPSA) is 134 Å². The molecule has 1 aliphatic heterocycles. The van der Waals surface area contributed by atoms with Gasteiger partial charge in [0.15, 0.2) is 11.5 Å². The fourth-order valence-corrected chi connectivity index (χ4v) is 4.47. The molecule has 1 aromatic heterocycles. The Bertz CT molecular complexity index is 1330. The zero-order chi connectivity index (χ0) is 24.1. The number of hydrogen-bond donors (Lipinski definition) is 2. The third kappa shape index (κ3) is 4.75. The van der Waals surface area contributed by atoms with Crippen molar-refractivity contribution in [1.82, 2.24) is 4.98 Å². The van der Waals surface area contributed by atoms with Crippen LogP contribution in [0.1, 0.15) is 30.0 Å². The van der Waals surface area contributed by atoms with Gasteiger partial charge in [0, 0.05) is 29.5 Å². The third-order valence-corrected chi connectivity index (χ3v) is 6.27. The number of aryl methyl sites for hydroxylation is 1. The summed E-state index contributed by atoms with van der Waals surface area (Å²) in [4.78, 5) is 16.7. The Labute approximate surface area is 201 Å². The number of thioether (sulfide) groups is 1. The molecule has 1 amide bonds. The van der Waals surface area contributed by atoms with Gasteiger partial charge in [-0.1, -0.05) is 31.2 Å². The molecule has 0 spiro atoms. The maximum absolute atomic E-state index is 12.4. The summed E-state index contributed by atoms with van der Waals surface area (Å²) in [5.41, 5.74) is 9.46. The van der Waals surface area contributed by atoms with Crippen molar-refractivity contribution in [2.24, 2.45) is 0 Å². The number of benzene rings is 2. The van der Waals surface area contributed by atoms with Crippen molar-refractivity contribution < 1.29 is 14.3 Å². The van der Waals surface area contributed by atoms with Crippen LogP contribution in [0.2, 0.25) is 0 Å². The maximum Gasteiger partial charge on any atom is 0.231 e. The molecule has 0 bridgehead atoms. The fourth-order valence-electron chi connectivity index (χ4n) is 3.54. The van der Waals surface area contributed by atoms with Crippen LogP contribution in [0.25, 0.3) is 11.1 Å². The zero-order valence-corrected chi connectivity index (χ0v) is 19.2. The van der Waals surface area contributed by atoms with Crippen LogP contribution < -0.4 is 20.5 Å². The predicted octanol–water partition coefficient (Wildman–Crippen LogP) is 4.49. The Morgan fingerprint density at radius 3 is 2.56 bits per heavy atom. The first kappa shape index (κ1) is 23.0. The van der Waals surface area contributed by atoms with Crippen molar-refractivity contribution in [2.45, 2.75) is 24.8 Å². The second-order valence-corrected chi connectivity index (χ2v) is 8.50. The molecule has 2 heterocycles. The van der Waals surface area contributed by atoms with E-state index in [2.05, 4.69) is 29.4 Å². The van der Waals surface area contributed by atoms with Crippen LogP contribution in [0.15, 0.2) is 47.5 Å². The van der Waals surface area contributed by atoms with E-state index in [0.717, 1.165) is 17.5 Å². The smallest absolute Gasteiger partial charge is 0.231 e. The first-order valence-electron chi connectivity index (χ1n) is 10.6. The molecule has 0 saturated carbocycles. The van der Waals surface area contributed by atoms with E-state index in [9.17, 15) is 15.3 Å². The lowest BCUT2D eigenvalue weighted by Gasteiger charge is -2.13. The molecule has 0 fully saturated rings. The summed E-state index contributed by atoms with van der Waals surface area (Å²) in [5.74, 6) is 1.47. The first-order chi connectivity index (χ1) is 16.5. The molecule has 2 aromatic carbocycles. The summed E-state index contributed by atoms with van der Waals surface area (Å²) in [6, 6.07) is 17.1. The highest BCUT2D eigenvalue weighted by Gasteiger charge is 2.21. The summed E-state index contributed by atoms with van der Waals surface area (Å²) < 4.78 is 10.6. The quantitative estimate of drug-likeness (QED) is 0.482. The lowest BCUT2D eigenvalue weighted by atomic mass is 9.96. The number of hydrogen-bond acceptors (Lipinski definition) is 8. The summed E-state index contributed by atoms with van der Waals surface area (Å²) in [6.45, 7) is 2.22. The number of aromatic nitrogens is 1. The number of rotatable bonds is 7. The van der Waals surface area contributed by atoms with Crippen molar-refractivity contribution in [3.63, 3.8) is 0 Å². The van der Waals surface area contributed by atoms with Crippen molar-refractivity contribution in [2.75, 3.05) is 23.6 Å². The van der Waals surface area contributed by atoms with Gasteiger partial charge >= 0.3 is 0 Å². The number of amides is 1. The maximum atomic E-state index is 12.4. The van der Waals surface area contributed by atoms with Gasteiger partial charge in [-0.2, -0.15) is 10.5 Å². The largest absolute Gasteiger partial charge is 0.454 e. The molecule has 4 rings (SSSR count). The molecule has 3 N–H and O–H groups in total. The second-order valence-electron chi connectivity index (χ2n) is 7.42. The highest BCUT2D eigenvalue weighted by Crippen LogP contribution is 2.36. The van der Waals surface area contributed by atoms with E-state index >= 15 is 0 Å². The average molecular weight is 472 g/mol. The van der Waals surface area contributed by atoms with Crippen LogP contribution in [0.4, 0.5) is 11.5 Å². The standard InChI is InChI=1S/C25H21N5O3S/c1-2-15-3-5-16(6-4-15)23-18(12-26)24(28)30-25(19(23)13-27)34-10-9-22(31)29-17-7-8-20-21(11-17)33-14-32-20/h3-8,11H,2,9-10,14H2,1H3,(H2,28,30)(H,29,31). The van der Waals surface area contributed by atoms with Crippen LogP contribution in [0.5, 0.6) is 11.5 Å². The van der Waals surface area contributed by atoms with Crippen LogP contribution in [-0.4, -0.2) is 23.4 Å². The first-order valence-corrected chi connectivity index (χ1v) is 11.6. The van der Waals surface area contributed by atoms with E-state index in [1.165, 1.54) is 11.8 Å². The number of nitrogen functional groups attached to an aromatic ring is 1. The molecule has 9 heteroatoms. The molecule has 0 unspecified atom stereocenters. The molecule has 34 heavy (non-hydrogen) atoms. The van der Waals surface area contributed by atoms with Crippen LogP contribution in [0, 0.1) is 22.7 Å². The number of nitrogens with two attached hydrogens (primary N) is 1. The van der Waals surface area contributed by atoms with E-state index in [-0.39, 0.29) is 36.1 Å². The average Bonchev–Trinajstić information content (AvgIpc) is 3.31. The van der Waals surface area contributed by atoms with Crippen molar-refractivity contribution in [3.05, 3.63) is 59.2 Å². The van der Waals surface area contributed by atoms with Crippen molar-refractivity contribution in [3.8, 4) is 34.8 Å². The lowest BCUT2D eigenvalue weighted by Crippen LogP contribution is -2.12. The molecular weight excluding hydrogens is 450 g/mol. The monoisotopic (exact) mass is 471 g/mol. The van der Waals surface area contributed by atoms with Gasteiger partial charge < -0.3 is 20.5 Å². The van der Waals surface area contributed by atoms with E-state index in [1.54, 1.807) is 18.2 Å². The van der Waals surface area contributed by atoms with Crippen LogP contribution in [0.3, 0.4) is 0 Å². The Morgan fingerprint density at radius 1 is 1.12 bits per heavy atom. The Morgan fingerprint density at radius 2 is 1.85 bits per heavy atom. The number of pyridine rings is 1. The number of nitrogens with zero attached hydrogens (tertiary/aromatic N) is 3. The van der Waals surface area contributed by atoms with Crippen LogP contribution in [-0.2, 0) is 11.2 Å². The highest BCUT2D eigenvalue weighted by atomic mass is 32.2. The van der Waals surface area contributed by atoms with E-state index in [1.807, 2.05) is 24.3 Å². The number of nitrogens with one attached hydrogen (secondary N) is 1. The second kappa shape index (κ2) is 10.2. The number of carbonyl (C=O) groups is 1. The molecule has 0 aliphatic carbocycles. The predicted molar refractivity (Wildman–Crippen MR) is 129 cm³/mol. The summed E-state index contributed by atoms with van der Waals surface area (Å²) in [7, 11) is 0. The molecule has 170 valence electrons. The summed E-state index contributed by atoms with van der Waals surface area (Å²) in [6.07, 6.45) is 1.07. The molecule has 3 aromatic rings. The molecule has 0 saturated heterocycles. The number of carbonyl (C=O) groups excluding carboxylic acids is 1. The molecule has 8 nitrogen and oxygen atoms in total. The summed E-state index contributed by atoms with van der Waals surface area (Å²) in [5, 5.41) is 22.8. The van der Waals surface area contributed by atoms with E-state index in [0.29, 0.717) is 33.5 Å². The van der Waals surface area contributed by atoms with Crippen molar-refractivity contribution in [1.29, 1.82) is 10.5 Å². The van der Waals surface area contributed by atoms with Crippen molar-refractivity contribution >= 4 is 29.2 Å². The number of ether oxygens (including phenoxy) is 2. The minimum atomic E-state index is -0.193. The minimum absolute atomic E-state index is 0.0587.